The Kier molecular flexibility index (Phi) is 7.06. The summed E-state index contributed by atoms with van der Waals surface area (Å²) < 4.78 is 4.98. The van der Waals surface area contributed by atoms with Gasteiger partial charge in [-0.05, 0) is 25.5 Å². The van der Waals surface area contributed by atoms with E-state index in [4.69, 9.17) is 27.9 Å². The first kappa shape index (κ1) is 23.6. The van der Waals surface area contributed by atoms with Crippen LogP contribution in [0.1, 0.15) is 35.7 Å². The number of aliphatic carboxylic acids is 1. The number of carboxylic acid groups (broad SMARTS) is 1. The summed E-state index contributed by atoms with van der Waals surface area (Å²) in [6.07, 6.45) is 0. The van der Waals surface area contributed by atoms with E-state index in [0.717, 1.165) is 0 Å². The molecule has 0 bridgehead atoms. The molecule has 1 heterocycles. The van der Waals surface area contributed by atoms with Gasteiger partial charge in [-0.25, -0.2) is 9.59 Å². The molecule has 32 heavy (non-hydrogen) atoms. The summed E-state index contributed by atoms with van der Waals surface area (Å²) in [6, 6.07) is 13.5. The quantitative estimate of drug-likeness (QED) is 0.465. The van der Waals surface area contributed by atoms with Crippen LogP contribution in [0.4, 0.5) is 0 Å². The van der Waals surface area contributed by atoms with E-state index in [2.05, 4.69) is 0 Å². The molecule has 0 saturated carbocycles. The Hall–Kier alpha value is -3.09. The third-order valence-electron chi connectivity index (χ3n) is 5.49. The first-order valence-electron chi connectivity index (χ1n) is 9.71. The van der Waals surface area contributed by atoms with Gasteiger partial charge in [0, 0.05) is 17.0 Å². The number of esters is 1. The third kappa shape index (κ3) is 4.29. The van der Waals surface area contributed by atoms with E-state index in [1.54, 1.807) is 62.4 Å². The fraction of sp³-hybridized carbons (Fsp3) is 0.208. The molecular formula is C24H21Cl2NO5. The number of Topliss-reactive ketones (excluding diaryl/α,β-unsaturated/α-hetero) is 1. The normalized spacial score (nSPS) is 16.3. The highest BCUT2D eigenvalue weighted by Crippen LogP contribution is 2.45. The summed E-state index contributed by atoms with van der Waals surface area (Å²) >= 11 is 12.6. The highest BCUT2D eigenvalue weighted by Gasteiger charge is 2.41. The number of carbonyl (C=O) groups excluding carboxylic acids is 2. The molecule has 0 aliphatic carbocycles. The molecule has 8 heteroatoms. The molecule has 3 rings (SSSR count). The van der Waals surface area contributed by atoms with Crippen molar-refractivity contribution in [3.8, 4) is 0 Å². The summed E-state index contributed by atoms with van der Waals surface area (Å²) in [4.78, 5) is 39.7. The van der Waals surface area contributed by atoms with Crippen molar-refractivity contribution in [1.29, 1.82) is 0 Å². The molecular weight excluding hydrogens is 453 g/mol. The van der Waals surface area contributed by atoms with E-state index >= 15 is 0 Å². The molecule has 1 atom stereocenters. The number of halogens is 2. The number of allylic oxidation sites excluding steroid dienone is 2. The van der Waals surface area contributed by atoms with Crippen LogP contribution in [0.15, 0.2) is 71.1 Å². The predicted molar refractivity (Wildman–Crippen MR) is 122 cm³/mol. The minimum atomic E-state index is -1.24. The number of hydrogen-bond acceptors (Lipinski definition) is 5. The maximum Gasteiger partial charge on any atom is 0.336 e. The summed E-state index contributed by atoms with van der Waals surface area (Å²) in [5.41, 5.74) is 1.58. The van der Waals surface area contributed by atoms with E-state index < -0.39 is 17.9 Å². The van der Waals surface area contributed by atoms with Crippen LogP contribution < -0.4 is 0 Å². The number of ketones is 1. The Morgan fingerprint density at radius 3 is 2.19 bits per heavy atom. The van der Waals surface area contributed by atoms with Gasteiger partial charge >= 0.3 is 11.9 Å². The van der Waals surface area contributed by atoms with E-state index in [-0.39, 0.29) is 33.5 Å². The second-order valence-electron chi connectivity index (χ2n) is 7.25. The molecule has 0 amide bonds. The minimum absolute atomic E-state index is 0.0824. The van der Waals surface area contributed by atoms with Crippen molar-refractivity contribution in [3.63, 3.8) is 0 Å². The van der Waals surface area contributed by atoms with Crippen molar-refractivity contribution in [2.45, 2.75) is 19.8 Å². The van der Waals surface area contributed by atoms with Gasteiger partial charge < -0.3 is 14.7 Å². The lowest BCUT2D eigenvalue weighted by Gasteiger charge is -2.37. The zero-order chi connectivity index (χ0) is 23.6. The van der Waals surface area contributed by atoms with Crippen LogP contribution in [-0.4, -0.2) is 41.4 Å². The lowest BCUT2D eigenvalue weighted by Crippen LogP contribution is -2.37. The van der Waals surface area contributed by atoms with Crippen molar-refractivity contribution in [2.75, 3.05) is 13.7 Å². The zero-order valence-electron chi connectivity index (χ0n) is 17.7. The number of nitrogens with zero attached hydrogens (tertiary/aromatic N) is 1. The Morgan fingerprint density at radius 2 is 1.59 bits per heavy atom. The van der Waals surface area contributed by atoms with Crippen LogP contribution in [0.5, 0.6) is 0 Å². The van der Waals surface area contributed by atoms with Crippen molar-refractivity contribution in [2.24, 2.45) is 0 Å². The predicted octanol–water partition coefficient (Wildman–Crippen LogP) is 5.08. The van der Waals surface area contributed by atoms with Crippen molar-refractivity contribution in [1.82, 2.24) is 4.90 Å². The molecule has 0 saturated heterocycles. The van der Waals surface area contributed by atoms with Crippen LogP contribution in [0.25, 0.3) is 0 Å². The standard InChI is InChI=1S/C24H21Cl2NO5/c1-13-19(23(29)30)21(16-10-7-11-17(25)22(16)26)20(24(31)32-3)14(2)27(13)12-18(28)15-8-5-4-6-9-15/h4-11,21H,12H2,1-3H3,(H,29,30). The molecule has 1 unspecified atom stereocenters. The Labute approximate surface area is 195 Å². The molecule has 1 N–H and O–H groups in total. The fourth-order valence-corrected chi connectivity index (χ4v) is 4.33. The largest absolute Gasteiger partial charge is 0.478 e. The number of carboxylic acids is 1. The van der Waals surface area contributed by atoms with Gasteiger partial charge in [-0.3, -0.25) is 4.79 Å². The summed E-state index contributed by atoms with van der Waals surface area (Å²) in [6.45, 7) is 3.11. The summed E-state index contributed by atoms with van der Waals surface area (Å²) in [5.74, 6) is -3.20. The molecule has 6 nitrogen and oxygen atoms in total. The van der Waals surface area contributed by atoms with Gasteiger partial charge in [0.25, 0.3) is 0 Å². The van der Waals surface area contributed by atoms with Gasteiger partial charge in [-0.2, -0.15) is 0 Å². The Bertz CT molecular complexity index is 1150. The SMILES string of the molecule is COC(=O)C1=C(C)N(CC(=O)c2ccccc2)C(C)=C(C(=O)O)C1c1cccc(Cl)c1Cl. The summed E-state index contributed by atoms with van der Waals surface area (Å²) in [7, 11) is 1.21. The van der Waals surface area contributed by atoms with Crippen LogP contribution in [0.3, 0.4) is 0 Å². The maximum absolute atomic E-state index is 12.9. The fourth-order valence-electron chi connectivity index (χ4n) is 3.91. The van der Waals surface area contributed by atoms with E-state index in [1.807, 2.05) is 0 Å². The molecule has 0 spiro atoms. The Morgan fingerprint density at radius 1 is 0.969 bits per heavy atom. The van der Waals surface area contributed by atoms with Gasteiger partial charge in [0.1, 0.15) is 0 Å². The van der Waals surface area contributed by atoms with Crippen LogP contribution in [0, 0.1) is 0 Å². The summed E-state index contributed by atoms with van der Waals surface area (Å²) in [5, 5.41) is 10.5. The maximum atomic E-state index is 12.9. The molecule has 0 radical (unpaired) electrons. The molecule has 1 aliphatic rings. The average molecular weight is 474 g/mol. The highest BCUT2D eigenvalue weighted by molar-refractivity contribution is 6.42. The van der Waals surface area contributed by atoms with Gasteiger partial charge in [0.2, 0.25) is 0 Å². The lowest BCUT2D eigenvalue weighted by atomic mass is 9.79. The van der Waals surface area contributed by atoms with Gasteiger partial charge in [0.05, 0.1) is 40.8 Å². The van der Waals surface area contributed by atoms with Crippen molar-refractivity contribution < 1.29 is 24.2 Å². The van der Waals surface area contributed by atoms with Gasteiger partial charge in [0.15, 0.2) is 5.78 Å². The van der Waals surface area contributed by atoms with Gasteiger partial charge in [-0.15, -0.1) is 0 Å². The minimum Gasteiger partial charge on any atom is -0.478 e. The Balaban J connectivity index is 2.21. The van der Waals surface area contributed by atoms with E-state index in [1.165, 1.54) is 12.0 Å². The van der Waals surface area contributed by atoms with E-state index in [9.17, 15) is 19.5 Å². The second-order valence-corrected chi connectivity index (χ2v) is 8.03. The third-order valence-corrected chi connectivity index (χ3v) is 6.33. The monoisotopic (exact) mass is 473 g/mol. The molecule has 2 aromatic carbocycles. The number of hydrogen-bond donors (Lipinski definition) is 1. The highest BCUT2D eigenvalue weighted by atomic mass is 35.5. The molecule has 0 aromatic heterocycles. The number of ether oxygens (including phenoxy) is 1. The number of carbonyl (C=O) groups is 3. The van der Waals surface area contributed by atoms with E-state index in [0.29, 0.717) is 22.5 Å². The number of methoxy groups -OCH3 is 1. The topological polar surface area (TPSA) is 83.9 Å². The van der Waals surface area contributed by atoms with Gasteiger partial charge in [-0.1, -0.05) is 65.7 Å². The smallest absolute Gasteiger partial charge is 0.336 e. The number of rotatable bonds is 6. The zero-order valence-corrected chi connectivity index (χ0v) is 19.2. The molecule has 2 aromatic rings. The lowest BCUT2D eigenvalue weighted by molar-refractivity contribution is -0.136. The number of benzene rings is 2. The van der Waals surface area contributed by atoms with Crippen LogP contribution in [0.2, 0.25) is 10.0 Å². The van der Waals surface area contributed by atoms with Crippen molar-refractivity contribution >= 4 is 40.9 Å². The second kappa shape index (κ2) is 9.59. The molecule has 166 valence electrons. The van der Waals surface area contributed by atoms with Crippen molar-refractivity contribution in [3.05, 3.63) is 92.2 Å². The average Bonchev–Trinajstić information content (AvgIpc) is 2.77. The first-order valence-corrected chi connectivity index (χ1v) is 10.5. The van der Waals surface area contributed by atoms with Crippen LogP contribution >= 0.6 is 23.2 Å². The first-order chi connectivity index (χ1) is 15.2. The van der Waals surface area contributed by atoms with Crippen LogP contribution in [-0.2, 0) is 14.3 Å². The molecule has 1 aliphatic heterocycles. The molecule has 0 fully saturated rings.